The average molecular weight is 514 g/mol. The molecule has 0 radical (unpaired) electrons. The van der Waals surface area contributed by atoms with Gasteiger partial charge in [0.2, 0.25) is 0 Å². The molecule has 0 aliphatic carbocycles. The van der Waals surface area contributed by atoms with Crippen LogP contribution in [0, 0.1) is 0 Å². The summed E-state index contributed by atoms with van der Waals surface area (Å²) in [6.45, 7) is 0.240. The molecule has 12 N–H and O–H groups in total. The second kappa shape index (κ2) is 11.5. The van der Waals surface area contributed by atoms with E-state index in [-0.39, 0.29) is 0 Å². The predicted octanol–water partition coefficient (Wildman–Crippen LogP) is -6.48. The number of rotatable bonds is 7. The number of hydrogen-bond donors (Lipinski definition) is 10. The third-order valence-electron chi connectivity index (χ3n) is 6.51. The van der Waals surface area contributed by atoms with Crippen molar-refractivity contribution < 1.29 is 69.3 Å². The highest BCUT2D eigenvalue weighted by Gasteiger charge is 2.54. The van der Waals surface area contributed by atoms with Gasteiger partial charge < -0.3 is 76.0 Å². The number of aliphatic hydroxyl groups is 7. The van der Waals surface area contributed by atoms with Gasteiger partial charge in [0.1, 0.15) is 54.9 Å². The molecule has 0 spiro atoms. The van der Waals surface area contributed by atoms with Gasteiger partial charge in [0.25, 0.3) is 0 Å². The van der Waals surface area contributed by atoms with Crippen LogP contribution in [0.25, 0.3) is 0 Å². The summed E-state index contributed by atoms with van der Waals surface area (Å²) in [6, 6.07) is -2.35. The molecule has 3 heterocycles. The van der Waals surface area contributed by atoms with Crippen molar-refractivity contribution in [2.24, 2.45) is 11.5 Å². The van der Waals surface area contributed by atoms with Gasteiger partial charge in [-0.3, -0.25) is 0 Å². The molecule has 16 nitrogen and oxygen atoms in total. The van der Waals surface area contributed by atoms with Crippen molar-refractivity contribution in [3.8, 4) is 0 Å². The van der Waals surface area contributed by atoms with E-state index in [9.17, 15) is 45.6 Å². The summed E-state index contributed by atoms with van der Waals surface area (Å²) in [6.07, 6.45) is -20.1. The van der Waals surface area contributed by atoms with Crippen molar-refractivity contribution >= 4 is 5.97 Å². The first-order valence-corrected chi connectivity index (χ1v) is 11.1. The van der Waals surface area contributed by atoms with Crippen LogP contribution in [-0.4, -0.2) is 152 Å². The van der Waals surface area contributed by atoms with Gasteiger partial charge >= 0.3 is 5.97 Å². The Morgan fingerprint density at radius 1 is 0.743 bits per heavy atom. The zero-order valence-electron chi connectivity index (χ0n) is 18.8. The highest BCUT2D eigenvalue weighted by atomic mass is 16.7. The molecule has 35 heavy (non-hydrogen) atoms. The van der Waals surface area contributed by atoms with Crippen LogP contribution < -0.4 is 11.5 Å². The molecular weight excluding hydrogens is 480 g/mol. The summed E-state index contributed by atoms with van der Waals surface area (Å²) in [4.78, 5) is 11.9. The summed E-state index contributed by atoms with van der Waals surface area (Å²) in [5, 5.41) is 80.3. The lowest BCUT2D eigenvalue weighted by molar-refractivity contribution is -0.355. The first kappa shape index (κ1) is 28.5. The van der Waals surface area contributed by atoms with E-state index in [1.54, 1.807) is 6.92 Å². The minimum Gasteiger partial charge on any atom is -0.479 e. The molecule has 0 aromatic rings. The van der Waals surface area contributed by atoms with Crippen LogP contribution in [0.2, 0.25) is 0 Å². The van der Waals surface area contributed by atoms with E-state index in [2.05, 4.69) is 0 Å². The number of carboxylic acid groups (broad SMARTS) is 1. The Labute approximate surface area is 199 Å². The van der Waals surface area contributed by atoms with Crippen molar-refractivity contribution in [2.75, 3.05) is 13.2 Å². The van der Waals surface area contributed by atoms with E-state index >= 15 is 0 Å². The Morgan fingerprint density at radius 3 is 1.91 bits per heavy atom. The highest BCUT2D eigenvalue weighted by Crippen LogP contribution is 2.32. The molecule has 0 bridgehead atoms. The second-order valence-corrected chi connectivity index (χ2v) is 8.86. The minimum atomic E-state index is -1.97. The standard InChI is InChI=1S/C19H34N2O14/c1-4-7(20)11(26)14(6(3-23)31-4)33-19-13(28)12(27)15(16(35-19)17(29)30)34-18-8(21)10(25)9(24)5(2-22)32-18/h4-16,18-19,22-28H,2-3,20-21H2,1H3,(H,29,30)/t4-,5?,6?,7?,8?,9-,10-,11-,12-,13?,14-,15+,16?,18-,19-/m1/s1. The fourth-order valence-corrected chi connectivity index (χ4v) is 4.31. The van der Waals surface area contributed by atoms with Crippen LogP contribution in [0.5, 0.6) is 0 Å². The molecule has 0 aromatic heterocycles. The number of carbonyl (C=O) groups is 1. The van der Waals surface area contributed by atoms with Crippen molar-refractivity contribution in [3.05, 3.63) is 0 Å². The summed E-state index contributed by atoms with van der Waals surface area (Å²) >= 11 is 0. The molecule has 3 aliphatic rings. The highest BCUT2D eigenvalue weighted by molar-refractivity contribution is 5.73. The molecule has 0 amide bonds. The average Bonchev–Trinajstić information content (AvgIpc) is 2.83. The van der Waals surface area contributed by atoms with Gasteiger partial charge in [0, 0.05) is 0 Å². The van der Waals surface area contributed by atoms with Gasteiger partial charge in [0.05, 0.1) is 31.4 Å². The molecule has 16 heteroatoms. The predicted molar refractivity (Wildman–Crippen MR) is 109 cm³/mol. The molecule has 0 aromatic carbocycles. The van der Waals surface area contributed by atoms with Crippen LogP contribution in [-0.2, 0) is 28.5 Å². The quantitative estimate of drug-likeness (QED) is 0.151. The summed E-state index contributed by atoms with van der Waals surface area (Å²) in [5.74, 6) is -1.64. The normalized spacial score (nSPS) is 51.2. The van der Waals surface area contributed by atoms with E-state index in [0.717, 1.165) is 0 Å². The van der Waals surface area contributed by atoms with Gasteiger partial charge in [-0.05, 0) is 6.92 Å². The molecule has 15 atom stereocenters. The van der Waals surface area contributed by atoms with Crippen LogP contribution in [0.4, 0.5) is 0 Å². The smallest absolute Gasteiger partial charge is 0.335 e. The lowest BCUT2D eigenvalue weighted by Gasteiger charge is -2.47. The molecule has 204 valence electrons. The van der Waals surface area contributed by atoms with Crippen molar-refractivity contribution in [2.45, 2.75) is 98.7 Å². The lowest BCUT2D eigenvalue weighted by Crippen LogP contribution is -2.68. The van der Waals surface area contributed by atoms with E-state index in [1.165, 1.54) is 0 Å². The van der Waals surface area contributed by atoms with Crippen molar-refractivity contribution in [3.63, 3.8) is 0 Å². The zero-order valence-corrected chi connectivity index (χ0v) is 18.8. The largest absolute Gasteiger partial charge is 0.479 e. The van der Waals surface area contributed by atoms with Gasteiger partial charge in [-0.2, -0.15) is 0 Å². The maximum absolute atomic E-state index is 11.9. The fourth-order valence-electron chi connectivity index (χ4n) is 4.31. The Morgan fingerprint density at radius 2 is 1.34 bits per heavy atom. The van der Waals surface area contributed by atoms with Crippen molar-refractivity contribution in [1.29, 1.82) is 0 Å². The van der Waals surface area contributed by atoms with Gasteiger partial charge in [-0.15, -0.1) is 0 Å². The Bertz CT molecular complexity index is 715. The van der Waals surface area contributed by atoms with E-state index in [4.69, 9.17) is 35.2 Å². The number of carboxylic acids is 1. The van der Waals surface area contributed by atoms with E-state index in [1.807, 2.05) is 0 Å². The van der Waals surface area contributed by atoms with Crippen LogP contribution in [0.3, 0.4) is 0 Å². The summed E-state index contributed by atoms with van der Waals surface area (Å²) in [5.41, 5.74) is 11.7. The van der Waals surface area contributed by atoms with E-state index < -0.39 is 111 Å². The van der Waals surface area contributed by atoms with E-state index in [0.29, 0.717) is 0 Å². The third-order valence-corrected chi connectivity index (χ3v) is 6.51. The molecular formula is C19H34N2O14. The Hall–Kier alpha value is -1.09. The first-order chi connectivity index (χ1) is 16.4. The third kappa shape index (κ3) is 5.60. The fraction of sp³-hybridized carbons (Fsp3) is 0.947. The number of aliphatic carboxylic acids is 1. The van der Waals surface area contributed by atoms with Crippen LogP contribution >= 0.6 is 0 Å². The first-order valence-electron chi connectivity index (χ1n) is 11.1. The Kier molecular flexibility index (Phi) is 9.38. The monoisotopic (exact) mass is 514 g/mol. The topological polar surface area (TPSA) is 277 Å². The molecule has 3 rings (SSSR count). The number of ether oxygens (including phenoxy) is 5. The molecule has 3 saturated heterocycles. The van der Waals surface area contributed by atoms with Gasteiger partial charge in [-0.1, -0.05) is 0 Å². The van der Waals surface area contributed by atoms with Crippen LogP contribution in [0.15, 0.2) is 0 Å². The maximum Gasteiger partial charge on any atom is 0.335 e. The maximum atomic E-state index is 11.9. The summed E-state index contributed by atoms with van der Waals surface area (Å²) in [7, 11) is 0. The SMILES string of the molecule is C[C@H]1OC(CO)[C@@H](O[C@@H]2OC(C(=O)O)[C@@H](O[C@H]3OC(CO)[C@@H](O)[C@H](O)C3N)[C@H](O)C2O)[C@H](O)C1N. The molecule has 6 unspecified atom stereocenters. The van der Waals surface area contributed by atoms with Crippen LogP contribution in [0.1, 0.15) is 6.92 Å². The Balaban J connectivity index is 1.77. The van der Waals surface area contributed by atoms with Gasteiger partial charge in [-0.25, -0.2) is 4.79 Å². The molecule has 3 fully saturated rings. The lowest BCUT2D eigenvalue weighted by atomic mass is 9.93. The van der Waals surface area contributed by atoms with Crippen molar-refractivity contribution in [1.82, 2.24) is 0 Å². The molecule has 3 aliphatic heterocycles. The second-order valence-electron chi connectivity index (χ2n) is 8.86. The van der Waals surface area contributed by atoms with Gasteiger partial charge in [0.15, 0.2) is 18.7 Å². The minimum absolute atomic E-state index is 0.602. The number of nitrogens with two attached hydrogens (primary N) is 2. The zero-order chi connectivity index (χ0) is 26.2. The summed E-state index contributed by atoms with van der Waals surface area (Å²) < 4.78 is 27.1. The molecule has 0 saturated carbocycles. The number of aliphatic hydroxyl groups excluding tert-OH is 7. The number of hydrogen-bond acceptors (Lipinski definition) is 15.